The van der Waals surface area contributed by atoms with Gasteiger partial charge in [0.15, 0.2) is 0 Å². The first-order chi connectivity index (χ1) is 9.11. The highest BCUT2D eigenvalue weighted by Gasteiger charge is 2.07. The van der Waals surface area contributed by atoms with Gasteiger partial charge in [-0.15, -0.1) is 11.8 Å². The second-order valence-electron chi connectivity index (χ2n) is 3.94. The molecule has 0 heterocycles. The first-order valence-corrected chi connectivity index (χ1v) is 7.10. The molecular weight excluding hydrogens is 264 g/mol. The summed E-state index contributed by atoms with van der Waals surface area (Å²) in [7, 11) is 0. The summed E-state index contributed by atoms with van der Waals surface area (Å²) in [6, 6.07) is 6.09. The lowest BCUT2D eigenvalue weighted by molar-refractivity contribution is -0.117. The van der Waals surface area contributed by atoms with E-state index in [0.29, 0.717) is 6.54 Å². The number of phenolic OH excluding ortho intramolecular Hbond substituents is 1. The van der Waals surface area contributed by atoms with Crippen molar-refractivity contribution in [3.05, 3.63) is 24.3 Å². The van der Waals surface area contributed by atoms with E-state index in [-0.39, 0.29) is 17.4 Å². The fraction of sp³-hybridized carbons (Fsp3) is 0.385. The maximum absolute atomic E-state index is 11.5. The van der Waals surface area contributed by atoms with Gasteiger partial charge in [0.1, 0.15) is 5.75 Å². The van der Waals surface area contributed by atoms with Gasteiger partial charge in [0.25, 0.3) is 0 Å². The maximum Gasteiger partial charge on any atom is 0.321 e. The first-order valence-electron chi connectivity index (χ1n) is 6.11. The van der Waals surface area contributed by atoms with E-state index in [2.05, 4.69) is 10.6 Å². The molecule has 0 saturated carbocycles. The zero-order valence-corrected chi connectivity index (χ0v) is 11.6. The summed E-state index contributed by atoms with van der Waals surface area (Å²) in [5, 5.41) is 14.0. The number of amides is 3. The summed E-state index contributed by atoms with van der Waals surface area (Å²) < 4.78 is 0. The summed E-state index contributed by atoms with van der Waals surface area (Å²) in [5.41, 5.74) is 0. The average Bonchev–Trinajstić information content (AvgIpc) is 2.38. The molecule has 0 radical (unpaired) electrons. The van der Waals surface area contributed by atoms with Crippen molar-refractivity contribution in [2.24, 2.45) is 0 Å². The average molecular weight is 282 g/mol. The number of phenols is 1. The van der Waals surface area contributed by atoms with Crippen molar-refractivity contribution in [2.45, 2.75) is 24.7 Å². The molecule has 1 aromatic carbocycles. The van der Waals surface area contributed by atoms with E-state index in [4.69, 9.17) is 5.11 Å². The number of urea groups is 1. The third kappa shape index (κ3) is 6.71. The normalized spacial score (nSPS) is 9.95. The van der Waals surface area contributed by atoms with Crippen LogP contribution in [0, 0.1) is 0 Å². The number of carbonyl (C=O) groups excluding carboxylic acids is 2. The summed E-state index contributed by atoms with van der Waals surface area (Å²) in [5.74, 6) is 0.00239. The molecule has 5 nitrogen and oxygen atoms in total. The van der Waals surface area contributed by atoms with Crippen LogP contribution in [0.15, 0.2) is 29.2 Å². The Labute approximate surface area is 116 Å². The van der Waals surface area contributed by atoms with Gasteiger partial charge in [0.05, 0.1) is 5.75 Å². The van der Waals surface area contributed by atoms with Gasteiger partial charge in [0.2, 0.25) is 5.91 Å². The van der Waals surface area contributed by atoms with Crippen LogP contribution in [0.3, 0.4) is 0 Å². The Morgan fingerprint density at radius 1 is 1.26 bits per heavy atom. The topological polar surface area (TPSA) is 78.4 Å². The highest BCUT2D eigenvalue weighted by molar-refractivity contribution is 8.00. The summed E-state index contributed by atoms with van der Waals surface area (Å²) in [4.78, 5) is 23.6. The highest BCUT2D eigenvalue weighted by Crippen LogP contribution is 2.20. The van der Waals surface area contributed by atoms with Crippen molar-refractivity contribution in [3.8, 4) is 5.75 Å². The molecule has 0 aliphatic heterocycles. The third-order valence-corrected chi connectivity index (χ3v) is 3.29. The Bertz CT molecular complexity index is 420. The minimum atomic E-state index is -0.454. The van der Waals surface area contributed by atoms with Gasteiger partial charge in [-0.1, -0.05) is 13.3 Å². The second-order valence-corrected chi connectivity index (χ2v) is 4.99. The molecule has 3 N–H and O–H groups in total. The number of hydrogen-bond donors (Lipinski definition) is 3. The van der Waals surface area contributed by atoms with Gasteiger partial charge in [-0.3, -0.25) is 10.1 Å². The third-order valence-electron chi connectivity index (χ3n) is 2.28. The lowest BCUT2D eigenvalue weighted by atomic mass is 10.3. The summed E-state index contributed by atoms with van der Waals surface area (Å²) in [6.07, 6.45) is 1.88. The van der Waals surface area contributed by atoms with Gasteiger partial charge >= 0.3 is 6.03 Å². The first kappa shape index (κ1) is 15.4. The Kier molecular flexibility index (Phi) is 6.81. The molecule has 1 rings (SSSR count). The van der Waals surface area contributed by atoms with Gasteiger partial charge < -0.3 is 10.4 Å². The lowest BCUT2D eigenvalue weighted by Crippen LogP contribution is -2.40. The van der Waals surface area contributed by atoms with Crippen LogP contribution in [0.25, 0.3) is 0 Å². The zero-order chi connectivity index (χ0) is 14.1. The van der Waals surface area contributed by atoms with E-state index < -0.39 is 6.03 Å². The molecule has 104 valence electrons. The largest absolute Gasteiger partial charge is 0.508 e. The molecule has 0 aliphatic carbocycles. The van der Waals surface area contributed by atoms with Crippen LogP contribution in [-0.4, -0.2) is 29.3 Å². The molecule has 0 atom stereocenters. The number of nitrogens with one attached hydrogen (secondary N) is 2. The van der Waals surface area contributed by atoms with Crippen LogP contribution in [-0.2, 0) is 4.79 Å². The van der Waals surface area contributed by atoms with Crippen LogP contribution in [0.2, 0.25) is 0 Å². The number of imide groups is 1. The summed E-state index contributed by atoms with van der Waals surface area (Å²) in [6.45, 7) is 2.60. The van der Waals surface area contributed by atoms with Crippen molar-refractivity contribution in [3.63, 3.8) is 0 Å². The number of thioether (sulfide) groups is 1. The van der Waals surface area contributed by atoms with Crippen molar-refractivity contribution in [1.82, 2.24) is 10.6 Å². The Hall–Kier alpha value is -1.69. The van der Waals surface area contributed by atoms with E-state index in [9.17, 15) is 9.59 Å². The molecule has 0 bridgehead atoms. The lowest BCUT2D eigenvalue weighted by Gasteiger charge is -2.06. The van der Waals surface area contributed by atoms with Crippen molar-refractivity contribution in [2.75, 3.05) is 12.3 Å². The molecule has 0 saturated heterocycles. The SMILES string of the molecule is CCCCNC(=O)NC(=O)CSc1ccc(O)cc1. The van der Waals surface area contributed by atoms with Crippen LogP contribution in [0.4, 0.5) is 4.79 Å². The predicted molar refractivity (Wildman–Crippen MR) is 75.3 cm³/mol. The standard InChI is InChI=1S/C13H18N2O3S/c1-2-3-8-14-13(18)15-12(17)9-19-11-6-4-10(16)5-7-11/h4-7,16H,2-3,8-9H2,1H3,(H2,14,15,17,18). The fourth-order valence-corrected chi connectivity index (χ4v) is 1.98. The predicted octanol–water partition coefficient (Wildman–Crippen LogP) is 2.11. The van der Waals surface area contributed by atoms with Gasteiger partial charge in [-0.05, 0) is 30.7 Å². The van der Waals surface area contributed by atoms with Gasteiger partial charge in [0, 0.05) is 11.4 Å². The minimum absolute atomic E-state index is 0.159. The van der Waals surface area contributed by atoms with Crippen LogP contribution >= 0.6 is 11.8 Å². The maximum atomic E-state index is 11.5. The molecular formula is C13H18N2O3S. The fourth-order valence-electron chi connectivity index (χ4n) is 1.28. The van der Waals surface area contributed by atoms with Gasteiger partial charge in [-0.25, -0.2) is 4.79 Å². The Morgan fingerprint density at radius 3 is 2.58 bits per heavy atom. The monoisotopic (exact) mass is 282 g/mol. The van der Waals surface area contributed by atoms with E-state index in [1.807, 2.05) is 6.92 Å². The molecule has 0 fully saturated rings. The highest BCUT2D eigenvalue weighted by atomic mass is 32.2. The molecule has 1 aromatic rings. The molecule has 0 unspecified atom stereocenters. The summed E-state index contributed by atoms with van der Waals surface area (Å²) >= 11 is 1.30. The molecule has 3 amide bonds. The number of rotatable bonds is 6. The number of aromatic hydroxyl groups is 1. The van der Waals surface area contributed by atoms with Crippen molar-refractivity contribution >= 4 is 23.7 Å². The second kappa shape index (κ2) is 8.42. The van der Waals surface area contributed by atoms with E-state index in [1.165, 1.54) is 11.8 Å². The molecule has 0 aromatic heterocycles. The number of unbranched alkanes of at least 4 members (excludes halogenated alkanes) is 1. The quantitative estimate of drug-likeness (QED) is 0.551. The molecule has 6 heteroatoms. The van der Waals surface area contributed by atoms with E-state index in [0.717, 1.165) is 17.7 Å². The number of hydrogen-bond acceptors (Lipinski definition) is 4. The van der Waals surface area contributed by atoms with Crippen molar-refractivity contribution < 1.29 is 14.7 Å². The van der Waals surface area contributed by atoms with Gasteiger partial charge in [-0.2, -0.15) is 0 Å². The number of carbonyl (C=O) groups is 2. The van der Waals surface area contributed by atoms with Crippen LogP contribution < -0.4 is 10.6 Å². The minimum Gasteiger partial charge on any atom is -0.508 e. The smallest absolute Gasteiger partial charge is 0.321 e. The Morgan fingerprint density at radius 2 is 1.95 bits per heavy atom. The zero-order valence-electron chi connectivity index (χ0n) is 10.8. The van der Waals surface area contributed by atoms with Crippen LogP contribution in [0.1, 0.15) is 19.8 Å². The Balaban J connectivity index is 2.24. The molecule has 19 heavy (non-hydrogen) atoms. The molecule has 0 aliphatic rings. The van der Waals surface area contributed by atoms with E-state index in [1.54, 1.807) is 24.3 Å². The number of benzene rings is 1. The van der Waals surface area contributed by atoms with E-state index >= 15 is 0 Å². The van der Waals surface area contributed by atoms with Crippen molar-refractivity contribution in [1.29, 1.82) is 0 Å². The van der Waals surface area contributed by atoms with Crippen LogP contribution in [0.5, 0.6) is 5.75 Å². The molecule has 0 spiro atoms.